The molecule has 0 bridgehead atoms. The lowest BCUT2D eigenvalue weighted by Crippen LogP contribution is -2.05. The van der Waals surface area contributed by atoms with E-state index in [4.69, 9.17) is 16.2 Å². The van der Waals surface area contributed by atoms with Crippen LogP contribution in [0.3, 0.4) is 0 Å². The van der Waals surface area contributed by atoms with E-state index in [2.05, 4.69) is 0 Å². The van der Waals surface area contributed by atoms with Gasteiger partial charge >= 0.3 is 5.97 Å². The van der Waals surface area contributed by atoms with Crippen molar-refractivity contribution in [1.82, 2.24) is 0 Å². The Morgan fingerprint density at radius 3 is 2.88 bits per heavy atom. The Morgan fingerprint density at radius 2 is 2.25 bits per heavy atom. The molecule has 0 radical (unpaired) electrons. The summed E-state index contributed by atoms with van der Waals surface area (Å²) in [6, 6.07) is 5.02. The van der Waals surface area contributed by atoms with Crippen molar-refractivity contribution in [3.8, 4) is 0 Å². The molecule has 0 aliphatic carbocycles. The number of esters is 1. The van der Waals surface area contributed by atoms with Gasteiger partial charge in [-0.1, -0.05) is 12.2 Å². The van der Waals surface area contributed by atoms with Gasteiger partial charge < -0.3 is 16.2 Å². The summed E-state index contributed by atoms with van der Waals surface area (Å²) in [5.74, 6) is -0.343. The van der Waals surface area contributed by atoms with Crippen molar-refractivity contribution in [3.05, 3.63) is 35.4 Å². The number of rotatable bonds is 4. The zero-order valence-corrected chi connectivity index (χ0v) is 9.27. The highest BCUT2D eigenvalue weighted by atomic mass is 16.5. The van der Waals surface area contributed by atoms with E-state index in [1.165, 1.54) is 0 Å². The topological polar surface area (TPSA) is 78.3 Å². The van der Waals surface area contributed by atoms with Crippen molar-refractivity contribution < 1.29 is 9.53 Å². The molecule has 16 heavy (non-hydrogen) atoms. The molecule has 0 atom stereocenters. The molecule has 1 aromatic rings. The van der Waals surface area contributed by atoms with E-state index in [9.17, 15) is 4.79 Å². The minimum atomic E-state index is -0.343. The molecule has 0 aliphatic rings. The summed E-state index contributed by atoms with van der Waals surface area (Å²) >= 11 is 0. The number of benzene rings is 1. The van der Waals surface area contributed by atoms with Crippen LogP contribution in [0.15, 0.2) is 24.3 Å². The lowest BCUT2D eigenvalue weighted by Gasteiger charge is -2.05. The van der Waals surface area contributed by atoms with E-state index in [0.717, 1.165) is 5.56 Å². The van der Waals surface area contributed by atoms with Crippen LogP contribution >= 0.6 is 0 Å². The Kier molecular flexibility index (Phi) is 4.54. The van der Waals surface area contributed by atoms with Crippen LogP contribution < -0.4 is 11.5 Å². The maximum atomic E-state index is 11.5. The van der Waals surface area contributed by atoms with Crippen molar-refractivity contribution in [3.63, 3.8) is 0 Å². The summed E-state index contributed by atoms with van der Waals surface area (Å²) < 4.78 is 4.90. The number of nitrogens with two attached hydrogens (primary N) is 2. The van der Waals surface area contributed by atoms with Gasteiger partial charge in [0.05, 0.1) is 12.2 Å². The molecular formula is C12H16N2O2. The van der Waals surface area contributed by atoms with Crippen LogP contribution in [-0.4, -0.2) is 19.1 Å². The predicted molar refractivity (Wildman–Crippen MR) is 64.9 cm³/mol. The van der Waals surface area contributed by atoms with E-state index in [1.54, 1.807) is 37.3 Å². The molecule has 0 saturated carbocycles. The molecule has 4 heteroatoms. The second kappa shape index (κ2) is 5.92. The van der Waals surface area contributed by atoms with Crippen LogP contribution in [0.2, 0.25) is 0 Å². The molecule has 0 heterocycles. The summed E-state index contributed by atoms with van der Waals surface area (Å²) in [7, 11) is 0. The van der Waals surface area contributed by atoms with Crippen LogP contribution in [0.4, 0.5) is 5.69 Å². The van der Waals surface area contributed by atoms with Crippen LogP contribution in [0.5, 0.6) is 0 Å². The van der Waals surface area contributed by atoms with Crippen LogP contribution in [0.25, 0.3) is 6.08 Å². The van der Waals surface area contributed by atoms with Crippen LogP contribution in [0, 0.1) is 0 Å². The monoisotopic (exact) mass is 220 g/mol. The number of carbonyl (C=O) groups is 1. The van der Waals surface area contributed by atoms with E-state index in [-0.39, 0.29) is 5.97 Å². The average Bonchev–Trinajstić information content (AvgIpc) is 2.28. The predicted octanol–water partition coefficient (Wildman–Crippen LogP) is 1.42. The highest BCUT2D eigenvalue weighted by Crippen LogP contribution is 2.16. The Balaban J connectivity index is 2.97. The lowest BCUT2D eigenvalue weighted by atomic mass is 10.1. The molecule has 0 unspecified atom stereocenters. The number of carbonyl (C=O) groups excluding carboxylic acids is 1. The normalized spacial score (nSPS) is 10.6. The molecule has 86 valence electrons. The van der Waals surface area contributed by atoms with Crippen molar-refractivity contribution in [2.45, 2.75) is 6.92 Å². The minimum Gasteiger partial charge on any atom is -0.462 e. The van der Waals surface area contributed by atoms with Crippen molar-refractivity contribution in [1.29, 1.82) is 0 Å². The Labute approximate surface area is 94.9 Å². The largest absolute Gasteiger partial charge is 0.462 e. The third kappa shape index (κ3) is 3.10. The maximum Gasteiger partial charge on any atom is 0.338 e. The smallest absolute Gasteiger partial charge is 0.338 e. The fraction of sp³-hybridized carbons (Fsp3) is 0.250. The van der Waals surface area contributed by atoms with Gasteiger partial charge in [0, 0.05) is 12.2 Å². The number of ether oxygens (including phenoxy) is 1. The van der Waals surface area contributed by atoms with Gasteiger partial charge in [0.15, 0.2) is 0 Å². The summed E-state index contributed by atoms with van der Waals surface area (Å²) in [5, 5.41) is 0. The van der Waals surface area contributed by atoms with Gasteiger partial charge in [-0.25, -0.2) is 4.79 Å². The molecule has 0 saturated heterocycles. The van der Waals surface area contributed by atoms with E-state index < -0.39 is 0 Å². The van der Waals surface area contributed by atoms with E-state index >= 15 is 0 Å². The summed E-state index contributed by atoms with van der Waals surface area (Å²) in [6.07, 6.45) is 3.57. The Morgan fingerprint density at radius 1 is 1.50 bits per heavy atom. The summed E-state index contributed by atoms with van der Waals surface area (Å²) in [4.78, 5) is 11.5. The van der Waals surface area contributed by atoms with E-state index in [0.29, 0.717) is 24.4 Å². The molecular weight excluding hydrogens is 204 g/mol. The molecule has 4 nitrogen and oxygen atoms in total. The molecule has 0 spiro atoms. The van der Waals surface area contributed by atoms with Gasteiger partial charge in [-0.3, -0.25) is 0 Å². The third-order valence-corrected chi connectivity index (χ3v) is 2.03. The van der Waals surface area contributed by atoms with Gasteiger partial charge in [0.2, 0.25) is 0 Å². The quantitative estimate of drug-likeness (QED) is 0.594. The first-order chi connectivity index (χ1) is 7.69. The first-order valence-corrected chi connectivity index (χ1v) is 5.12. The standard InChI is InChI=1S/C12H16N2O2/c1-2-16-12(15)10-5-6-11(14)9(8-10)4-3-7-13/h3-6,8H,2,7,13-14H2,1H3. The average molecular weight is 220 g/mol. The fourth-order valence-corrected chi connectivity index (χ4v) is 1.26. The van der Waals surface area contributed by atoms with Gasteiger partial charge in [-0.05, 0) is 30.7 Å². The number of nitrogen functional groups attached to an aromatic ring is 1. The summed E-state index contributed by atoms with van der Waals surface area (Å²) in [6.45, 7) is 2.56. The molecule has 1 aromatic carbocycles. The summed E-state index contributed by atoms with van der Waals surface area (Å²) in [5.41, 5.74) is 13.0. The first-order valence-electron chi connectivity index (χ1n) is 5.12. The SMILES string of the molecule is CCOC(=O)c1ccc(N)c(C=CCN)c1. The van der Waals surface area contributed by atoms with Crippen molar-refractivity contribution in [2.75, 3.05) is 18.9 Å². The Bertz CT molecular complexity index is 400. The molecule has 1 rings (SSSR count). The molecule has 0 fully saturated rings. The number of hydrogen-bond acceptors (Lipinski definition) is 4. The van der Waals surface area contributed by atoms with Gasteiger partial charge in [-0.15, -0.1) is 0 Å². The highest BCUT2D eigenvalue weighted by molar-refractivity contribution is 5.91. The first kappa shape index (κ1) is 12.3. The zero-order valence-electron chi connectivity index (χ0n) is 9.27. The van der Waals surface area contributed by atoms with Gasteiger partial charge in [-0.2, -0.15) is 0 Å². The molecule has 0 aromatic heterocycles. The van der Waals surface area contributed by atoms with Crippen LogP contribution in [0.1, 0.15) is 22.8 Å². The molecule has 4 N–H and O–H groups in total. The Hall–Kier alpha value is -1.81. The van der Waals surface area contributed by atoms with Gasteiger partial charge in [0.1, 0.15) is 0 Å². The number of hydrogen-bond donors (Lipinski definition) is 2. The van der Waals surface area contributed by atoms with Crippen molar-refractivity contribution >= 4 is 17.7 Å². The maximum absolute atomic E-state index is 11.5. The van der Waals surface area contributed by atoms with Crippen LogP contribution in [-0.2, 0) is 4.74 Å². The second-order valence-electron chi connectivity index (χ2n) is 3.20. The minimum absolute atomic E-state index is 0.343. The molecule has 0 amide bonds. The van der Waals surface area contributed by atoms with Gasteiger partial charge in [0.25, 0.3) is 0 Å². The van der Waals surface area contributed by atoms with Crippen molar-refractivity contribution in [2.24, 2.45) is 5.73 Å². The zero-order chi connectivity index (χ0) is 12.0. The lowest BCUT2D eigenvalue weighted by molar-refractivity contribution is 0.0526. The number of anilines is 1. The second-order valence-corrected chi connectivity index (χ2v) is 3.20. The highest BCUT2D eigenvalue weighted by Gasteiger charge is 2.07. The fourth-order valence-electron chi connectivity index (χ4n) is 1.26. The van der Waals surface area contributed by atoms with E-state index in [1.807, 2.05) is 0 Å². The third-order valence-electron chi connectivity index (χ3n) is 2.03. The molecule has 0 aliphatic heterocycles.